The van der Waals surface area contributed by atoms with E-state index in [2.05, 4.69) is 10.0 Å². The Bertz CT molecular complexity index is 1050. The molecule has 0 aliphatic carbocycles. The second kappa shape index (κ2) is 6.60. The normalized spacial score (nSPS) is 21.3. The summed E-state index contributed by atoms with van der Waals surface area (Å²) >= 11 is 0. The van der Waals surface area contributed by atoms with Gasteiger partial charge < -0.3 is 10.2 Å². The minimum Gasteiger partial charge on any atom is -0.356 e. The number of para-hydroxylation sites is 2. The standard InChI is InChI=1S/C21H25N3O3S/c1-12-9-13(2)15(4)20(14(12)3)28(26,27)23-16-10-19-21(25)22-17-7-5-6-8-18(17)24(19)11-16/h5-9,16,19,23H,10-11H2,1-4H3,(H,22,25). The molecule has 148 valence electrons. The summed E-state index contributed by atoms with van der Waals surface area (Å²) < 4.78 is 29.3. The van der Waals surface area contributed by atoms with E-state index in [1.54, 1.807) is 0 Å². The van der Waals surface area contributed by atoms with E-state index in [1.807, 2.05) is 62.9 Å². The predicted molar refractivity (Wildman–Crippen MR) is 110 cm³/mol. The number of nitrogens with zero attached hydrogens (tertiary/aromatic N) is 1. The van der Waals surface area contributed by atoms with Crippen LogP contribution in [0, 0.1) is 27.7 Å². The molecule has 28 heavy (non-hydrogen) atoms. The van der Waals surface area contributed by atoms with Crippen molar-refractivity contribution in [3.05, 3.63) is 52.6 Å². The number of anilines is 2. The fourth-order valence-corrected chi connectivity index (χ4v) is 6.20. The van der Waals surface area contributed by atoms with Gasteiger partial charge in [-0.05, 0) is 68.5 Å². The zero-order chi connectivity index (χ0) is 20.2. The second-order valence-electron chi connectivity index (χ2n) is 7.82. The van der Waals surface area contributed by atoms with Crippen LogP contribution in [-0.4, -0.2) is 33.0 Å². The Balaban J connectivity index is 1.64. The number of nitrogens with one attached hydrogen (secondary N) is 2. The first-order chi connectivity index (χ1) is 13.2. The van der Waals surface area contributed by atoms with E-state index in [0.717, 1.165) is 33.6 Å². The van der Waals surface area contributed by atoms with Crippen LogP contribution >= 0.6 is 0 Å². The number of amides is 1. The van der Waals surface area contributed by atoms with Gasteiger partial charge >= 0.3 is 0 Å². The van der Waals surface area contributed by atoms with Crippen molar-refractivity contribution in [3.63, 3.8) is 0 Å². The number of benzene rings is 2. The molecule has 2 aliphatic heterocycles. The average Bonchev–Trinajstić information content (AvgIpc) is 3.04. The van der Waals surface area contributed by atoms with Gasteiger partial charge in [-0.25, -0.2) is 13.1 Å². The third kappa shape index (κ3) is 2.99. The molecule has 4 rings (SSSR count). The number of sulfonamides is 1. The van der Waals surface area contributed by atoms with Crippen molar-refractivity contribution in [2.75, 3.05) is 16.8 Å². The molecular weight excluding hydrogens is 374 g/mol. The lowest BCUT2D eigenvalue weighted by atomic mass is 10.0. The summed E-state index contributed by atoms with van der Waals surface area (Å²) in [6.45, 7) is 8.02. The molecule has 2 N–H and O–H groups in total. The lowest BCUT2D eigenvalue weighted by molar-refractivity contribution is -0.117. The molecule has 2 aromatic carbocycles. The molecule has 1 amide bonds. The molecule has 7 heteroatoms. The number of fused-ring (bicyclic) bond motifs is 3. The van der Waals surface area contributed by atoms with Gasteiger partial charge in [0.15, 0.2) is 0 Å². The molecule has 2 unspecified atom stereocenters. The minimum absolute atomic E-state index is 0.0841. The third-order valence-corrected chi connectivity index (χ3v) is 7.76. The molecule has 2 aromatic rings. The van der Waals surface area contributed by atoms with E-state index >= 15 is 0 Å². The average molecular weight is 400 g/mol. The van der Waals surface area contributed by atoms with Crippen LogP contribution in [0.1, 0.15) is 28.7 Å². The molecule has 2 atom stereocenters. The summed E-state index contributed by atoms with van der Waals surface area (Å²) in [4.78, 5) is 14.9. The number of rotatable bonds is 3. The Morgan fingerprint density at radius 2 is 1.71 bits per heavy atom. The van der Waals surface area contributed by atoms with Gasteiger partial charge in [-0.1, -0.05) is 18.2 Å². The summed E-state index contributed by atoms with van der Waals surface area (Å²) in [5.74, 6) is -0.0841. The van der Waals surface area contributed by atoms with Crippen LogP contribution in [0.25, 0.3) is 0 Å². The van der Waals surface area contributed by atoms with Gasteiger partial charge in [-0.15, -0.1) is 0 Å². The van der Waals surface area contributed by atoms with Crippen molar-refractivity contribution in [3.8, 4) is 0 Å². The van der Waals surface area contributed by atoms with Gasteiger partial charge in [0.25, 0.3) is 0 Å². The Morgan fingerprint density at radius 1 is 1.07 bits per heavy atom. The number of carbonyl (C=O) groups excluding carboxylic acids is 1. The molecule has 6 nitrogen and oxygen atoms in total. The number of carbonyl (C=O) groups is 1. The molecule has 2 heterocycles. The Labute approximate surface area is 166 Å². The molecule has 1 fully saturated rings. The van der Waals surface area contributed by atoms with E-state index in [0.29, 0.717) is 17.9 Å². The highest BCUT2D eigenvalue weighted by Gasteiger charge is 2.42. The van der Waals surface area contributed by atoms with Gasteiger partial charge in [0, 0.05) is 12.6 Å². The van der Waals surface area contributed by atoms with E-state index in [4.69, 9.17) is 0 Å². The van der Waals surface area contributed by atoms with Gasteiger partial charge in [0.1, 0.15) is 6.04 Å². The smallest absolute Gasteiger partial charge is 0.247 e. The van der Waals surface area contributed by atoms with Crippen molar-refractivity contribution >= 4 is 27.3 Å². The molecule has 0 aromatic heterocycles. The first kappa shape index (κ1) is 19.0. The van der Waals surface area contributed by atoms with Crippen LogP contribution in [0.2, 0.25) is 0 Å². The highest BCUT2D eigenvalue weighted by molar-refractivity contribution is 7.89. The zero-order valence-electron chi connectivity index (χ0n) is 16.5. The lowest BCUT2D eigenvalue weighted by Crippen LogP contribution is -2.44. The summed E-state index contributed by atoms with van der Waals surface area (Å²) in [6.07, 6.45) is 0.447. The van der Waals surface area contributed by atoms with Gasteiger partial charge in [-0.3, -0.25) is 4.79 Å². The molecule has 0 saturated carbocycles. The number of hydrogen-bond acceptors (Lipinski definition) is 4. The van der Waals surface area contributed by atoms with Gasteiger partial charge in [0.05, 0.1) is 16.3 Å². The first-order valence-corrected chi connectivity index (χ1v) is 10.9. The maximum absolute atomic E-state index is 13.2. The Hall–Kier alpha value is -2.38. The molecular formula is C21H25N3O3S. The van der Waals surface area contributed by atoms with Crippen LogP contribution in [0.3, 0.4) is 0 Å². The summed E-state index contributed by atoms with van der Waals surface area (Å²) in [5.41, 5.74) is 5.17. The van der Waals surface area contributed by atoms with Crippen molar-refractivity contribution in [1.82, 2.24) is 4.72 Å². The van der Waals surface area contributed by atoms with E-state index in [1.165, 1.54) is 0 Å². The number of aryl methyl sites for hydroxylation is 2. The van der Waals surface area contributed by atoms with Crippen LogP contribution in [0.15, 0.2) is 35.2 Å². The fourth-order valence-electron chi connectivity index (χ4n) is 4.34. The monoisotopic (exact) mass is 399 g/mol. The highest BCUT2D eigenvalue weighted by atomic mass is 32.2. The first-order valence-electron chi connectivity index (χ1n) is 9.45. The van der Waals surface area contributed by atoms with Gasteiger partial charge in [0.2, 0.25) is 15.9 Å². The molecule has 2 aliphatic rings. The Morgan fingerprint density at radius 3 is 2.39 bits per heavy atom. The fraction of sp³-hybridized carbons (Fsp3) is 0.381. The van der Waals surface area contributed by atoms with Crippen molar-refractivity contribution < 1.29 is 13.2 Å². The Kier molecular flexibility index (Phi) is 4.47. The SMILES string of the molecule is Cc1cc(C)c(C)c(S(=O)(=O)NC2CC3C(=O)Nc4ccccc4N3C2)c1C. The van der Waals surface area contributed by atoms with Gasteiger partial charge in [-0.2, -0.15) is 0 Å². The quantitative estimate of drug-likeness (QED) is 0.832. The topological polar surface area (TPSA) is 78.5 Å². The maximum atomic E-state index is 13.2. The molecule has 1 saturated heterocycles. The summed E-state index contributed by atoms with van der Waals surface area (Å²) in [5, 5.41) is 2.92. The minimum atomic E-state index is -3.70. The summed E-state index contributed by atoms with van der Waals surface area (Å²) in [6, 6.07) is 8.95. The van der Waals surface area contributed by atoms with Crippen LogP contribution in [0.5, 0.6) is 0 Å². The van der Waals surface area contributed by atoms with E-state index in [9.17, 15) is 13.2 Å². The maximum Gasteiger partial charge on any atom is 0.247 e. The van der Waals surface area contributed by atoms with E-state index in [-0.39, 0.29) is 18.0 Å². The van der Waals surface area contributed by atoms with E-state index < -0.39 is 10.0 Å². The molecule has 0 spiro atoms. The second-order valence-corrected chi connectivity index (χ2v) is 9.47. The zero-order valence-corrected chi connectivity index (χ0v) is 17.4. The van der Waals surface area contributed by atoms with Crippen LogP contribution < -0.4 is 14.9 Å². The molecule has 0 bridgehead atoms. The largest absolute Gasteiger partial charge is 0.356 e. The van der Waals surface area contributed by atoms with Crippen molar-refractivity contribution in [2.45, 2.75) is 51.1 Å². The molecule has 0 radical (unpaired) electrons. The predicted octanol–water partition coefficient (Wildman–Crippen LogP) is 2.80. The highest BCUT2D eigenvalue weighted by Crippen LogP contribution is 2.37. The lowest BCUT2D eigenvalue weighted by Gasteiger charge is -2.32. The number of hydrogen-bond donors (Lipinski definition) is 2. The third-order valence-electron chi connectivity index (χ3n) is 5.96. The summed E-state index contributed by atoms with van der Waals surface area (Å²) in [7, 11) is -3.70. The van der Waals surface area contributed by atoms with Crippen molar-refractivity contribution in [1.29, 1.82) is 0 Å². The van der Waals surface area contributed by atoms with Crippen LogP contribution in [0.4, 0.5) is 11.4 Å². The van der Waals surface area contributed by atoms with Crippen molar-refractivity contribution in [2.24, 2.45) is 0 Å². The van der Waals surface area contributed by atoms with Crippen LogP contribution in [-0.2, 0) is 14.8 Å².